The Labute approximate surface area is 161 Å². The standard InChI is InChI=1S/C21H26N2O3S/c24-21(23-15-5-2-6-16-23)19-12-7-13-20(17-19)27(25,26)22-14-8-11-18-9-3-1-4-10-18/h1,3-4,7,9-10,12-13,17,22H,2,5-6,8,11,14-16H2. The van der Waals surface area contributed by atoms with Gasteiger partial charge in [-0.25, -0.2) is 13.1 Å². The zero-order valence-electron chi connectivity index (χ0n) is 15.4. The van der Waals surface area contributed by atoms with E-state index in [4.69, 9.17) is 0 Å². The fourth-order valence-electron chi connectivity index (χ4n) is 3.30. The van der Waals surface area contributed by atoms with Crippen molar-refractivity contribution in [2.45, 2.75) is 37.0 Å². The summed E-state index contributed by atoms with van der Waals surface area (Å²) in [4.78, 5) is 14.6. The zero-order valence-corrected chi connectivity index (χ0v) is 16.2. The van der Waals surface area contributed by atoms with Gasteiger partial charge in [0.1, 0.15) is 0 Å². The summed E-state index contributed by atoms with van der Waals surface area (Å²) in [6.45, 7) is 1.85. The normalized spacial score (nSPS) is 14.9. The molecule has 1 saturated heterocycles. The van der Waals surface area contributed by atoms with E-state index in [2.05, 4.69) is 4.72 Å². The van der Waals surface area contributed by atoms with Crippen molar-refractivity contribution in [1.82, 2.24) is 9.62 Å². The Bertz CT molecular complexity index is 860. The average Bonchev–Trinajstić information content (AvgIpc) is 2.72. The quantitative estimate of drug-likeness (QED) is 0.743. The highest BCUT2D eigenvalue weighted by atomic mass is 32.2. The lowest BCUT2D eigenvalue weighted by molar-refractivity contribution is 0.0724. The molecule has 1 heterocycles. The van der Waals surface area contributed by atoms with Crippen molar-refractivity contribution in [2.75, 3.05) is 19.6 Å². The molecule has 0 aliphatic carbocycles. The molecule has 27 heavy (non-hydrogen) atoms. The molecule has 1 aliphatic rings. The number of hydrogen-bond donors (Lipinski definition) is 1. The highest BCUT2D eigenvalue weighted by Crippen LogP contribution is 2.16. The highest BCUT2D eigenvalue weighted by Gasteiger charge is 2.20. The third-order valence-corrected chi connectivity index (χ3v) is 6.27. The Balaban J connectivity index is 1.59. The van der Waals surface area contributed by atoms with Gasteiger partial charge in [0.25, 0.3) is 5.91 Å². The molecular formula is C21H26N2O3S. The van der Waals surface area contributed by atoms with Gasteiger partial charge in [0.05, 0.1) is 4.90 Å². The van der Waals surface area contributed by atoms with Gasteiger partial charge in [-0.05, 0) is 55.9 Å². The third kappa shape index (κ3) is 5.40. The van der Waals surface area contributed by atoms with Crippen LogP contribution in [0, 0.1) is 0 Å². The van der Waals surface area contributed by atoms with Gasteiger partial charge in [0.2, 0.25) is 10.0 Å². The minimum atomic E-state index is -3.62. The summed E-state index contributed by atoms with van der Waals surface area (Å²) in [5.74, 6) is -0.0872. The predicted octanol–water partition coefficient (Wildman–Crippen LogP) is 3.22. The molecule has 1 amide bonds. The molecule has 3 rings (SSSR count). The number of nitrogens with one attached hydrogen (secondary N) is 1. The summed E-state index contributed by atoms with van der Waals surface area (Å²) in [6.07, 6.45) is 4.69. The highest BCUT2D eigenvalue weighted by molar-refractivity contribution is 7.89. The number of sulfonamides is 1. The van der Waals surface area contributed by atoms with Gasteiger partial charge < -0.3 is 4.90 Å². The molecule has 0 unspecified atom stereocenters. The number of carbonyl (C=O) groups excluding carboxylic acids is 1. The summed E-state index contributed by atoms with van der Waals surface area (Å²) in [6, 6.07) is 16.3. The van der Waals surface area contributed by atoms with E-state index in [1.165, 1.54) is 17.7 Å². The van der Waals surface area contributed by atoms with Gasteiger partial charge in [0.15, 0.2) is 0 Å². The van der Waals surface area contributed by atoms with E-state index < -0.39 is 10.0 Å². The van der Waals surface area contributed by atoms with Gasteiger partial charge in [-0.15, -0.1) is 0 Å². The molecule has 0 spiro atoms. The first-order valence-corrected chi connectivity index (χ1v) is 11.0. The van der Waals surface area contributed by atoms with Crippen LogP contribution in [-0.2, 0) is 16.4 Å². The smallest absolute Gasteiger partial charge is 0.253 e. The van der Waals surface area contributed by atoms with Crippen LogP contribution in [0.1, 0.15) is 41.6 Å². The second-order valence-electron chi connectivity index (χ2n) is 6.87. The molecule has 0 bridgehead atoms. The molecule has 0 saturated carbocycles. The molecule has 1 fully saturated rings. The molecule has 144 valence electrons. The Kier molecular flexibility index (Phi) is 6.63. The van der Waals surface area contributed by atoms with Crippen LogP contribution >= 0.6 is 0 Å². The summed E-state index contributed by atoms with van der Waals surface area (Å²) in [5.41, 5.74) is 1.62. The molecule has 0 aromatic heterocycles. The molecule has 1 N–H and O–H groups in total. The lowest BCUT2D eigenvalue weighted by Crippen LogP contribution is -2.35. The van der Waals surface area contributed by atoms with E-state index >= 15 is 0 Å². The molecule has 0 atom stereocenters. The van der Waals surface area contributed by atoms with Crippen LogP contribution in [-0.4, -0.2) is 38.9 Å². The topological polar surface area (TPSA) is 66.5 Å². The first-order valence-electron chi connectivity index (χ1n) is 9.49. The van der Waals surface area contributed by atoms with Crippen LogP contribution in [0.5, 0.6) is 0 Å². The molecule has 2 aromatic rings. The molecule has 1 aliphatic heterocycles. The first kappa shape index (κ1) is 19.6. The van der Waals surface area contributed by atoms with E-state index in [0.717, 1.165) is 45.2 Å². The number of nitrogens with zero attached hydrogens (tertiary/aromatic N) is 1. The van der Waals surface area contributed by atoms with Crippen molar-refractivity contribution in [3.8, 4) is 0 Å². The van der Waals surface area contributed by atoms with Crippen molar-refractivity contribution in [1.29, 1.82) is 0 Å². The van der Waals surface area contributed by atoms with E-state index in [1.807, 2.05) is 35.2 Å². The maximum Gasteiger partial charge on any atom is 0.253 e. The van der Waals surface area contributed by atoms with Crippen LogP contribution in [0.4, 0.5) is 0 Å². The van der Waals surface area contributed by atoms with Gasteiger partial charge in [0, 0.05) is 25.2 Å². The molecular weight excluding hydrogens is 360 g/mol. The first-order chi connectivity index (χ1) is 13.1. The lowest BCUT2D eigenvalue weighted by Gasteiger charge is -2.26. The van der Waals surface area contributed by atoms with Crippen molar-refractivity contribution in [2.24, 2.45) is 0 Å². The molecule has 5 nitrogen and oxygen atoms in total. The maximum absolute atomic E-state index is 12.6. The molecule has 2 aromatic carbocycles. The number of piperidine rings is 1. The van der Waals surface area contributed by atoms with Crippen molar-refractivity contribution in [3.63, 3.8) is 0 Å². The number of carbonyl (C=O) groups is 1. The Morgan fingerprint density at radius 1 is 0.963 bits per heavy atom. The minimum absolute atomic E-state index is 0.0872. The van der Waals surface area contributed by atoms with E-state index in [9.17, 15) is 13.2 Å². The van der Waals surface area contributed by atoms with E-state index in [-0.39, 0.29) is 10.8 Å². The maximum atomic E-state index is 12.6. The van der Waals surface area contributed by atoms with Crippen LogP contribution < -0.4 is 4.72 Å². The summed E-state index contributed by atoms with van der Waals surface area (Å²) in [5, 5.41) is 0. The van der Waals surface area contributed by atoms with Crippen LogP contribution in [0.2, 0.25) is 0 Å². The summed E-state index contributed by atoms with van der Waals surface area (Å²) in [7, 11) is -3.62. The van der Waals surface area contributed by atoms with E-state index in [1.54, 1.807) is 12.1 Å². The summed E-state index contributed by atoms with van der Waals surface area (Å²) < 4.78 is 27.8. The molecule has 6 heteroatoms. The van der Waals surface area contributed by atoms with Crippen LogP contribution in [0.25, 0.3) is 0 Å². The molecule has 0 radical (unpaired) electrons. The average molecular weight is 387 g/mol. The van der Waals surface area contributed by atoms with Crippen molar-refractivity contribution >= 4 is 15.9 Å². The second-order valence-corrected chi connectivity index (χ2v) is 8.63. The van der Waals surface area contributed by atoms with Crippen LogP contribution in [0.15, 0.2) is 59.5 Å². The Morgan fingerprint density at radius 3 is 2.44 bits per heavy atom. The fraction of sp³-hybridized carbons (Fsp3) is 0.381. The van der Waals surface area contributed by atoms with Gasteiger partial charge in [-0.2, -0.15) is 0 Å². The SMILES string of the molecule is O=C(c1cccc(S(=O)(=O)NCCCc2ccccc2)c1)N1CCCCC1. The Morgan fingerprint density at radius 2 is 1.70 bits per heavy atom. The van der Waals surface area contributed by atoms with Gasteiger partial charge in [-0.1, -0.05) is 36.4 Å². The van der Waals surface area contributed by atoms with Crippen LogP contribution in [0.3, 0.4) is 0 Å². The number of benzene rings is 2. The largest absolute Gasteiger partial charge is 0.339 e. The van der Waals surface area contributed by atoms with Gasteiger partial charge >= 0.3 is 0 Å². The third-order valence-electron chi connectivity index (χ3n) is 4.81. The monoisotopic (exact) mass is 386 g/mol. The number of aryl methyl sites for hydroxylation is 1. The fourth-order valence-corrected chi connectivity index (χ4v) is 4.42. The Hall–Kier alpha value is -2.18. The zero-order chi connectivity index (χ0) is 19.1. The number of rotatable bonds is 7. The predicted molar refractivity (Wildman–Crippen MR) is 106 cm³/mol. The van der Waals surface area contributed by atoms with Gasteiger partial charge in [-0.3, -0.25) is 4.79 Å². The minimum Gasteiger partial charge on any atom is -0.339 e. The van der Waals surface area contributed by atoms with Crippen molar-refractivity contribution in [3.05, 3.63) is 65.7 Å². The van der Waals surface area contributed by atoms with Crippen molar-refractivity contribution < 1.29 is 13.2 Å². The van der Waals surface area contributed by atoms with E-state index in [0.29, 0.717) is 12.1 Å². The number of likely N-dealkylation sites (tertiary alicyclic amines) is 1. The summed E-state index contributed by atoms with van der Waals surface area (Å²) >= 11 is 0. The lowest BCUT2D eigenvalue weighted by atomic mass is 10.1. The number of amides is 1. The second kappa shape index (κ2) is 9.15. The number of hydrogen-bond acceptors (Lipinski definition) is 3.